The number of benzene rings is 3. The smallest absolute Gasteiger partial charge is 0.422 e. The molecule has 3 rings (SSSR count). The van der Waals surface area contributed by atoms with Gasteiger partial charge in [0, 0.05) is 15.1 Å². The maximum Gasteiger partial charge on any atom is 0.573 e. The van der Waals surface area contributed by atoms with Crippen LogP contribution < -0.4 is 14.2 Å². The van der Waals surface area contributed by atoms with E-state index in [4.69, 9.17) is 90.7 Å². The molecule has 0 saturated carbocycles. The fourth-order valence-corrected chi connectivity index (χ4v) is 4.91. The molecule has 0 fully saturated rings. The third-order valence-corrected chi connectivity index (χ3v) is 6.04. The standard InChI is InChI=1S/C22H8Cl7F3O5/c23-9-1-8(2-12(3-9)37-22(30,31)32)17(20(33)35-18-13(26)4-10(24)5-14(18)27)21(34)36-19-15(28)6-11(25)7-16(19)29/h1-7,17H. The molecule has 5 nitrogen and oxygen atoms in total. The summed E-state index contributed by atoms with van der Waals surface area (Å²) in [5.74, 6) is -6.38. The number of carbonyl (C=O) groups excluding carboxylic acids is 2. The molecule has 0 bridgehead atoms. The Morgan fingerprint density at radius 2 is 1.00 bits per heavy atom. The van der Waals surface area contributed by atoms with E-state index in [9.17, 15) is 22.8 Å². The zero-order valence-corrected chi connectivity index (χ0v) is 22.7. The van der Waals surface area contributed by atoms with Gasteiger partial charge in [-0.3, -0.25) is 9.59 Å². The van der Waals surface area contributed by atoms with Crippen molar-refractivity contribution in [3.8, 4) is 17.2 Å². The van der Waals surface area contributed by atoms with Gasteiger partial charge < -0.3 is 14.2 Å². The molecule has 15 heteroatoms. The molecule has 0 aliphatic carbocycles. The lowest BCUT2D eigenvalue weighted by Gasteiger charge is -2.19. The maximum absolute atomic E-state index is 13.2. The second kappa shape index (κ2) is 11.9. The van der Waals surface area contributed by atoms with Crippen molar-refractivity contribution < 1.29 is 37.0 Å². The summed E-state index contributed by atoms with van der Waals surface area (Å²) in [6.45, 7) is 0. The van der Waals surface area contributed by atoms with Crippen molar-refractivity contribution in [1.29, 1.82) is 0 Å². The van der Waals surface area contributed by atoms with Crippen LogP contribution in [0.2, 0.25) is 35.2 Å². The number of ether oxygens (including phenoxy) is 3. The molecule has 0 heterocycles. The van der Waals surface area contributed by atoms with Gasteiger partial charge in [0.2, 0.25) is 0 Å². The minimum atomic E-state index is -5.10. The van der Waals surface area contributed by atoms with Gasteiger partial charge in [0.05, 0.1) is 20.1 Å². The quantitative estimate of drug-likeness (QED) is 0.150. The Morgan fingerprint density at radius 1 is 0.622 bits per heavy atom. The van der Waals surface area contributed by atoms with Gasteiger partial charge in [-0.1, -0.05) is 81.2 Å². The predicted octanol–water partition coefficient (Wildman–Crippen LogP) is 9.45. The highest BCUT2D eigenvalue weighted by Gasteiger charge is 2.37. The number of hydrogen-bond acceptors (Lipinski definition) is 5. The first-order valence-electron chi connectivity index (χ1n) is 9.43. The monoisotopic (exact) mass is 654 g/mol. The van der Waals surface area contributed by atoms with E-state index in [0.29, 0.717) is 0 Å². The first-order chi connectivity index (χ1) is 17.1. The van der Waals surface area contributed by atoms with E-state index in [1.165, 1.54) is 24.3 Å². The summed E-state index contributed by atoms with van der Waals surface area (Å²) in [5.41, 5.74) is -0.399. The van der Waals surface area contributed by atoms with Crippen LogP contribution >= 0.6 is 81.2 Å². The lowest BCUT2D eigenvalue weighted by molar-refractivity contribution is -0.274. The summed E-state index contributed by atoms with van der Waals surface area (Å²) in [5, 5.41) is -0.888. The van der Waals surface area contributed by atoms with Crippen LogP contribution in [-0.2, 0) is 9.59 Å². The molecular weight excluding hydrogens is 649 g/mol. The summed E-state index contributed by atoms with van der Waals surface area (Å²) >= 11 is 41.8. The molecule has 0 amide bonds. The van der Waals surface area contributed by atoms with Crippen molar-refractivity contribution >= 4 is 93.1 Å². The molecule has 0 aromatic heterocycles. The number of carbonyl (C=O) groups is 2. The molecule has 3 aromatic rings. The van der Waals surface area contributed by atoms with Gasteiger partial charge in [-0.15, -0.1) is 13.2 Å². The van der Waals surface area contributed by atoms with Gasteiger partial charge in [0.25, 0.3) is 0 Å². The van der Waals surface area contributed by atoms with E-state index in [-0.39, 0.29) is 46.7 Å². The molecule has 196 valence electrons. The molecule has 0 unspecified atom stereocenters. The maximum atomic E-state index is 13.2. The van der Waals surface area contributed by atoms with Gasteiger partial charge in [-0.2, -0.15) is 0 Å². The Kier molecular flexibility index (Phi) is 9.61. The fraction of sp³-hybridized carbons (Fsp3) is 0.0909. The van der Waals surface area contributed by atoms with Gasteiger partial charge >= 0.3 is 18.3 Å². The summed E-state index contributed by atoms with van der Waals surface area (Å²) in [6.07, 6.45) is -5.10. The normalized spacial score (nSPS) is 11.4. The first kappa shape index (κ1) is 29.8. The second-order valence-corrected chi connectivity index (χ2v) is 9.88. The molecule has 0 spiro atoms. The fourth-order valence-electron chi connectivity index (χ4n) is 2.88. The van der Waals surface area contributed by atoms with Crippen molar-refractivity contribution in [2.75, 3.05) is 0 Å². The summed E-state index contributed by atoms with van der Waals surface area (Å²) in [4.78, 5) is 26.4. The largest absolute Gasteiger partial charge is 0.573 e. The molecule has 0 N–H and O–H groups in total. The van der Waals surface area contributed by atoms with Crippen LogP contribution in [0.4, 0.5) is 13.2 Å². The third-order valence-electron chi connectivity index (χ3n) is 4.26. The van der Waals surface area contributed by atoms with Crippen molar-refractivity contribution in [3.05, 3.63) is 83.2 Å². The van der Waals surface area contributed by atoms with Crippen molar-refractivity contribution in [2.45, 2.75) is 12.3 Å². The predicted molar refractivity (Wildman–Crippen MR) is 135 cm³/mol. The Bertz CT molecular complexity index is 1260. The van der Waals surface area contributed by atoms with E-state index in [2.05, 4.69) is 4.74 Å². The van der Waals surface area contributed by atoms with Crippen LogP contribution in [0.3, 0.4) is 0 Å². The van der Waals surface area contributed by atoms with Gasteiger partial charge in [0.15, 0.2) is 17.4 Å². The van der Waals surface area contributed by atoms with E-state index in [0.717, 1.165) is 18.2 Å². The number of alkyl halides is 3. The molecule has 0 saturated heterocycles. The van der Waals surface area contributed by atoms with Gasteiger partial charge in [0.1, 0.15) is 5.75 Å². The van der Waals surface area contributed by atoms with E-state index < -0.39 is 35.5 Å². The highest BCUT2D eigenvalue weighted by atomic mass is 35.5. The topological polar surface area (TPSA) is 61.8 Å². The van der Waals surface area contributed by atoms with Crippen molar-refractivity contribution in [2.24, 2.45) is 0 Å². The summed E-state index contributed by atoms with van der Waals surface area (Å²) < 4.78 is 52.7. The molecular formula is C22H8Cl7F3O5. The average molecular weight is 657 g/mol. The lowest BCUT2D eigenvalue weighted by atomic mass is 9.99. The minimum Gasteiger partial charge on any atom is -0.422 e. The van der Waals surface area contributed by atoms with Crippen LogP contribution in [0.15, 0.2) is 42.5 Å². The van der Waals surface area contributed by atoms with Crippen molar-refractivity contribution in [3.63, 3.8) is 0 Å². The highest BCUT2D eigenvalue weighted by molar-refractivity contribution is 6.41. The third kappa shape index (κ3) is 7.86. The average Bonchev–Trinajstić information content (AvgIpc) is 2.71. The number of hydrogen-bond donors (Lipinski definition) is 0. The number of esters is 2. The first-order valence-corrected chi connectivity index (χ1v) is 12.1. The molecule has 0 aliphatic rings. The van der Waals surface area contributed by atoms with Crippen molar-refractivity contribution in [1.82, 2.24) is 0 Å². The lowest BCUT2D eigenvalue weighted by Crippen LogP contribution is -2.30. The zero-order chi connectivity index (χ0) is 27.7. The Labute approximate surface area is 241 Å². The van der Waals surface area contributed by atoms with E-state index in [1.54, 1.807) is 0 Å². The Balaban J connectivity index is 2.08. The molecule has 0 radical (unpaired) electrons. The summed E-state index contributed by atoms with van der Waals surface area (Å²) in [7, 11) is 0. The Hall–Kier alpha value is -1.78. The van der Waals surface area contributed by atoms with Crippen LogP contribution in [0.1, 0.15) is 11.5 Å². The summed E-state index contributed by atoms with van der Waals surface area (Å²) in [6, 6.07) is 7.38. The van der Waals surface area contributed by atoms with Crippen LogP contribution in [0, 0.1) is 0 Å². The van der Waals surface area contributed by atoms with Gasteiger partial charge in [-0.25, -0.2) is 0 Å². The second-order valence-electron chi connectivity index (χ2n) is 6.94. The zero-order valence-electron chi connectivity index (χ0n) is 17.4. The number of rotatable bonds is 6. The van der Waals surface area contributed by atoms with E-state index in [1.807, 2.05) is 0 Å². The SMILES string of the molecule is O=C(Oc1c(Cl)cc(Cl)cc1Cl)C(C(=O)Oc1c(Cl)cc(Cl)cc1Cl)c1cc(Cl)cc(OC(F)(F)F)c1. The van der Waals surface area contributed by atoms with Crippen LogP contribution in [0.5, 0.6) is 17.2 Å². The molecule has 0 atom stereocenters. The molecule has 37 heavy (non-hydrogen) atoms. The number of halogens is 10. The van der Waals surface area contributed by atoms with Gasteiger partial charge in [-0.05, 0) is 48.0 Å². The van der Waals surface area contributed by atoms with Crippen LogP contribution in [-0.4, -0.2) is 18.3 Å². The molecule has 0 aliphatic heterocycles. The molecule has 3 aromatic carbocycles. The highest BCUT2D eigenvalue weighted by Crippen LogP contribution is 2.40. The van der Waals surface area contributed by atoms with E-state index >= 15 is 0 Å². The Morgan fingerprint density at radius 3 is 1.38 bits per heavy atom. The van der Waals surface area contributed by atoms with Crippen LogP contribution in [0.25, 0.3) is 0 Å². The minimum absolute atomic E-state index is 0.113.